The van der Waals surface area contributed by atoms with Gasteiger partial charge in [0.05, 0.1) is 12.7 Å². The van der Waals surface area contributed by atoms with Crippen LogP contribution in [0.3, 0.4) is 0 Å². The summed E-state index contributed by atoms with van der Waals surface area (Å²) in [5, 5.41) is 18.0. The quantitative estimate of drug-likeness (QED) is 0.809. The van der Waals surface area contributed by atoms with Crippen molar-refractivity contribution in [3.8, 4) is 0 Å². The summed E-state index contributed by atoms with van der Waals surface area (Å²) in [7, 11) is 0. The number of hydrogen-bond acceptors (Lipinski definition) is 2. The van der Waals surface area contributed by atoms with Crippen LogP contribution < -0.4 is 0 Å². The molecule has 0 radical (unpaired) electrons. The highest BCUT2D eigenvalue weighted by Crippen LogP contribution is 2.12. The van der Waals surface area contributed by atoms with Gasteiger partial charge in [-0.3, -0.25) is 0 Å². The molecule has 14 heavy (non-hydrogen) atoms. The van der Waals surface area contributed by atoms with Crippen LogP contribution in [0.15, 0.2) is 40.9 Å². The lowest BCUT2D eigenvalue weighted by Gasteiger charge is -2.05. The van der Waals surface area contributed by atoms with E-state index in [2.05, 4.69) is 15.9 Å². The monoisotopic (exact) mass is 256 g/mol. The van der Waals surface area contributed by atoms with Crippen molar-refractivity contribution in [2.24, 2.45) is 0 Å². The van der Waals surface area contributed by atoms with Crippen molar-refractivity contribution in [3.05, 3.63) is 46.5 Å². The predicted octanol–water partition coefficient (Wildman–Crippen LogP) is 1.90. The van der Waals surface area contributed by atoms with Gasteiger partial charge in [-0.1, -0.05) is 40.2 Å². The van der Waals surface area contributed by atoms with E-state index in [1.165, 1.54) is 0 Å². The zero-order chi connectivity index (χ0) is 10.4. The van der Waals surface area contributed by atoms with E-state index in [9.17, 15) is 5.11 Å². The molecule has 0 aliphatic carbocycles. The van der Waals surface area contributed by atoms with E-state index in [1.54, 1.807) is 12.2 Å². The number of benzene rings is 1. The van der Waals surface area contributed by atoms with Gasteiger partial charge in [-0.2, -0.15) is 0 Å². The van der Waals surface area contributed by atoms with Gasteiger partial charge in [-0.05, 0) is 17.7 Å². The van der Waals surface area contributed by atoms with Gasteiger partial charge >= 0.3 is 0 Å². The van der Waals surface area contributed by atoms with Crippen molar-refractivity contribution in [1.29, 1.82) is 0 Å². The lowest BCUT2D eigenvalue weighted by molar-refractivity contribution is 0.222. The van der Waals surface area contributed by atoms with Gasteiger partial charge in [0.15, 0.2) is 0 Å². The Balaban J connectivity index is 2.51. The van der Waals surface area contributed by atoms with Gasteiger partial charge in [0, 0.05) is 10.9 Å². The molecule has 2 N–H and O–H groups in total. The fourth-order valence-electron chi connectivity index (χ4n) is 1.15. The van der Waals surface area contributed by atoms with E-state index in [0.717, 1.165) is 10.0 Å². The van der Waals surface area contributed by atoms with Crippen LogP contribution in [0.2, 0.25) is 0 Å². The second-order valence-electron chi connectivity index (χ2n) is 3.01. The molecular weight excluding hydrogens is 244 g/mol. The SMILES string of the molecule is OC/C=C\C(O)Cc1ccc(Br)cc1. The maximum absolute atomic E-state index is 9.49. The van der Waals surface area contributed by atoms with Gasteiger partial charge in [-0.25, -0.2) is 0 Å². The van der Waals surface area contributed by atoms with Gasteiger partial charge in [0.2, 0.25) is 0 Å². The van der Waals surface area contributed by atoms with Crippen molar-refractivity contribution in [2.75, 3.05) is 6.61 Å². The molecule has 0 saturated heterocycles. The fraction of sp³-hybridized carbons (Fsp3) is 0.273. The van der Waals surface area contributed by atoms with E-state index < -0.39 is 6.10 Å². The Labute approximate surface area is 92.0 Å². The maximum Gasteiger partial charge on any atom is 0.0762 e. The predicted molar refractivity (Wildman–Crippen MR) is 60.1 cm³/mol. The van der Waals surface area contributed by atoms with Crippen molar-refractivity contribution >= 4 is 15.9 Å². The molecule has 1 atom stereocenters. The first-order valence-corrected chi connectivity index (χ1v) is 5.21. The standard InChI is InChI=1S/C11H13BrO2/c12-10-5-3-9(4-6-10)8-11(14)2-1-7-13/h1-6,11,13-14H,7-8H2/b2-1-. The van der Waals surface area contributed by atoms with Crippen LogP contribution in [0.4, 0.5) is 0 Å². The van der Waals surface area contributed by atoms with E-state index >= 15 is 0 Å². The average molecular weight is 257 g/mol. The summed E-state index contributed by atoms with van der Waals surface area (Å²) in [6.45, 7) is -0.0304. The summed E-state index contributed by atoms with van der Waals surface area (Å²) in [4.78, 5) is 0. The van der Waals surface area contributed by atoms with Gasteiger partial charge in [0.25, 0.3) is 0 Å². The first-order valence-electron chi connectivity index (χ1n) is 4.42. The molecule has 0 bridgehead atoms. The third-order valence-electron chi connectivity index (χ3n) is 1.82. The van der Waals surface area contributed by atoms with Crippen molar-refractivity contribution in [3.63, 3.8) is 0 Å². The van der Waals surface area contributed by atoms with Crippen LogP contribution in [0, 0.1) is 0 Å². The summed E-state index contributed by atoms with van der Waals surface area (Å²) < 4.78 is 1.03. The molecule has 0 aliphatic heterocycles. The normalized spacial score (nSPS) is 13.4. The second-order valence-corrected chi connectivity index (χ2v) is 3.92. The van der Waals surface area contributed by atoms with E-state index in [-0.39, 0.29) is 6.61 Å². The van der Waals surface area contributed by atoms with Gasteiger partial charge in [0.1, 0.15) is 0 Å². The van der Waals surface area contributed by atoms with Crippen LogP contribution in [0.25, 0.3) is 0 Å². The van der Waals surface area contributed by atoms with Crippen LogP contribution >= 0.6 is 15.9 Å². The van der Waals surface area contributed by atoms with Crippen LogP contribution in [-0.4, -0.2) is 22.9 Å². The number of hydrogen-bond donors (Lipinski definition) is 2. The molecule has 1 rings (SSSR count). The highest BCUT2D eigenvalue weighted by molar-refractivity contribution is 9.10. The molecule has 1 aromatic carbocycles. The fourth-order valence-corrected chi connectivity index (χ4v) is 1.41. The van der Waals surface area contributed by atoms with Gasteiger partial charge in [-0.15, -0.1) is 0 Å². The molecular formula is C11H13BrO2. The lowest BCUT2D eigenvalue weighted by atomic mass is 10.1. The second kappa shape index (κ2) is 5.96. The number of aliphatic hydroxyl groups excluding tert-OH is 2. The molecule has 1 aromatic rings. The Kier molecular flexibility index (Phi) is 4.87. The minimum Gasteiger partial charge on any atom is -0.392 e. The summed E-state index contributed by atoms with van der Waals surface area (Å²) in [5.41, 5.74) is 1.07. The van der Waals surface area contributed by atoms with Crippen molar-refractivity contribution in [1.82, 2.24) is 0 Å². The third kappa shape index (κ3) is 4.05. The molecule has 1 unspecified atom stereocenters. The minimum absolute atomic E-state index is 0.0304. The molecule has 0 saturated carbocycles. The Hall–Kier alpha value is -0.640. The largest absolute Gasteiger partial charge is 0.392 e. The molecule has 0 fully saturated rings. The molecule has 0 aliphatic rings. The molecule has 76 valence electrons. The number of halogens is 1. The lowest BCUT2D eigenvalue weighted by Crippen LogP contribution is -2.06. The number of aliphatic hydroxyl groups is 2. The van der Waals surface area contributed by atoms with Crippen LogP contribution in [0.5, 0.6) is 0 Å². The summed E-state index contributed by atoms with van der Waals surface area (Å²) in [6.07, 6.45) is 3.19. The highest BCUT2D eigenvalue weighted by atomic mass is 79.9. The van der Waals surface area contributed by atoms with Gasteiger partial charge < -0.3 is 10.2 Å². The minimum atomic E-state index is -0.525. The topological polar surface area (TPSA) is 40.5 Å². The molecule has 2 nitrogen and oxygen atoms in total. The van der Waals surface area contributed by atoms with Crippen LogP contribution in [-0.2, 0) is 6.42 Å². The summed E-state index contributed by atoms with van der Waals surface area (Å²) in [5.74, 6) is 0. The first kappa shape index (κ1) is 11.4. The first-order chi connectivity index (χ1) is 6.72. The van der Waals surface area contributed by atoms with E-state index in [0.29, 0.717) is 6.42 Å². The molecule has 0 amide bonds. The molecule has 0 heterocycles. The van der Waals surface area contributed by atoms with Crippen molar-refractivity contribution in [2.45, 2.75) is 12.5 Å². The molecule has 3 heteroatoms. The Morgan fingerprint density at radius 3 is 2.50 bits per heavy atom. The molecule has 0 spiro atoms. The molecule has 0 aromatic heterocycles. The Bertz CT molecular complexity index is 293. The highest BCUT2D eigenvalue weighted by Gasteiger charge is 2.00. The smallest absolute Gasteiger partial charge is 0.0762 e. The number of rotatable bonds is 4. The Morgan fingerprint density at radius 2 is 1.93 bits per heavy atom. The maximum atomic E-state index is 9.49. The summed E-state index contributed by atoms with van der Waals surface area (Å²) >= 11 is 3.34. The van der Waals surface area contributed by atoms with E-state index in [1.807, 2.05) is 24.3 Å². The Morgan fingerprint density at radius 1 is 1.29 bits per heavy atom. The van der Waals surface area contributed by atoms with Crippen molar-refractivity contribution < 1.29 is 10.2 Å². The van der Waals surface area contributed by atoms with E-state index in [4.69, 9.17) is 5.11 Å². The summed E-state index contributed by atoms with van der Waals surface area (Å²) in [6, 6.07) is 7.80. The zero-order valence-corrected chi connectivity index (χ0v) is 9.31. The average Bonchev–Trinajstić information content (AvgIpc) is 2.18. The third-order valence-corrected chi connectivity index (χ3v) is 2.35. The zero-order valence-electron chi connectivity index (χ0n) is 7.73. The van der Waals surface area contributed by atoms with Crippen LogP contribution in [0.1, 0.15) is 5.56 Å².